The lowest BCUT2D eigenvalue weighted by Crippen LogP contribution is -2.18. The normalized spacial score (nSPS) is 16.1. The van der Waals surface area contributed by atoms with Gasteiger partial charge in [0, 0.05) is 23.6 Å². The third-order valence-electron chi connectivity index (χ3n) is 6.31. The van der Waals surface area contributed by atoms with Crippen LogP contribution in [0.2, 0.25) is 0 Å². The van der Waals surface area contributed by atoms with Gasteiger partial charge in [-0.3, -0.25) is 4.79 Å². The number of ether oxygens (including phenoxy) is 1. The first-order valence-corrected chi connectivity index (χ1v) is 11.9. The fraction of sp³-hybridized carbons (Fsp3) is 0.444. The highest BCUT2D eigenvalue weighted by Gasteiger charge is 2.25. The molecule has 32 heavy (non-hydrogen) atoms. The molecule has 0 bridgehead atoms. The molecule has 5 heteroatoms. The smallest absolute Gasteiger partial charge is 0.255 e. The van der Waals surface area contributed by atoms with Crippen LogP contribution in [0.5, 0.6) is 5.75 Å². The summed E-state index contributed by atoms with van der Waals surface area (Å²) in [4.78, 5) is 13.0. The van der Waals surface area contributed by atoms with Crippen LogP contribution in [0.1, 0.15) is 73.7 Å². The second-order valence-corrected chi connectivity index (χ2v) is 8.59. The Balaban J connectivity index is 1.81. The molecular formula is C27H32FNO3. The Morgan fingerprint density at radius 1 is 0.875 bits per heavy atom. The second-order valence-electron chi connectivity index (χ2n) is 8.59. The number of carbonyl (C=O) groups excluding carboxylic acids is 1. The summed E-state index contributed by atoms with van der Waals surface area (Å²) in [5, 5.41) is 3.57. The molecule has 0 saturated carbocycles. The van der Waals surface area contributed by atoms with E-state index >= 15 is 0 Å². The van der Waals surface area contributed by atoms with Gasteiger partial charge in [0.15, 0.2) is 0 Å². The number of nitrogens with one attached hydrogen (secondary N) is 1. The van der Waals surface area contributed by atoms with Crippen molar-refractivity contribution in [3.05, 3.63) is 53.3 Å². The third kappa shape index (κ3) is 4.98. The predicted molar refractivity (Wildman–Crippen MR) is 126 cm³/mol. The molecule has 1 aliphatic heterocycles. The van der Waals surface area contributed by atoms with Crippen LogP contribution >= 0.6 is 0 Å². The van der Waals surface area contributed by atoms with Crippen molar-refractivity contribution in [1.29, 1.82) is 0 Å². The Morgan fingerprint density at radius 2 is 1.53 bits per heavy atom. The molecule has 0 atom stereocenters. The molecule has 0 radical (unpaired) electrons. The Labute approximate surface area is 189 Å². The number of furan rings is 1. The van der Waals surface area contributed by atoms with Crippen molar-refractivity contribution in [2.75, 3.05) is 13.7 Å². The Hall–Kier alpha value is -2.82. The highest BCUT2D eigenvalue weighted by Crippen LogP contribution is 2.40. The van der Waals surface area contributed by atoms with E-state index in [1.165, 1.54) is 50.7 Å². The molecule has 0 saturated heterocycles. The summed E-state index contributed by atoms with van der Waals surface area (Å²) in [5.41, 5.74) is 2.87. The molecule has 1 amide bonds. The average molecular weight is 438 g/mol. The number of benzene rings is 2. The predicted octanol–water partition coefficient (Wildman–Crippen LogP) is 7.04. The van der Waals surface area contributed by atoms with E-state index < -0.39 is 0 Å². The molecule has 170 valence electrons. The zero-order chi connectivity index (χ0) is 22.3. The highest BCUT2D eigenvalue weighted by molar-refractivity contribution is 6.12. The molecule has 0 aliphatic carbocycles. The van der Waals surface area contributed by atoms with Crippen molar-refractivity contribution < 1.29 is 18.3 Å². The molecule has 0 fully saturated rings. The number of hydrogen-bond acceptors (Lipinski definition) is 3. The van der Waals surface area contributed by atoms with Crippen LogP contribution in [0.3, 0.4) is 0 Å². The molecule has 4 rings (SSSR count). The second kappa shape index (κ2) is 10.7. The average Bonchev–Trinajstić information content (AvgIpc) is 3.20. The Kier molecular flexibility index (Phi) is 7.46. The van der Waals surface area contributed by atoms with Crippen molar-refractivity contribution in [3.63, 3.8) is 0 Å². The minimum Gasteiger partial charge on any atom is -0.493 e. The lowest BCUT2D eigenvalue weighted by Gasteiger charge is -2.14. The van der Waals surface area contributed by atoms with E-state index in [0.29, 0.717) is 29.1 Å². The number of fused-ring (bicyclic) bond motifs is 3. The van der Waals surface area contributed by atoms with Gasteiger partial charge in [0.1, 0.15) is 22.9 Å². The minimum atomic E-state index is -0.323. The summed E-state index contributed by atoms with van der Waals surface area (Å²) in [6.07, 6.45) is 11.7. The summed E-state index contributed by atoms with van der Waals surface area (Å²) >= 11 is 0. The Bertz CT molecular complexity index is 1050. The minimum absolute atomic E-state index is 0.212. The lowest BCUT2D eigenvalue weighted by atomic mass is 9.96. The van der Waals surface area contributed by atoms with Gasteiger partial charge in [-0.1, -0.05) is 44.9 Å². The zero-order valence-corrected chi connectivity index (χ0v) is 18.8. The number of aryl methyl sites for hydroxylation is 1. The molecule has 1 aromatic heterocycles. The van der Waals surface area contributed by atoms with Crippen LogP contribution < -0.4 is 10.1 Å². The lowest BCUT2D eigenvalue weighted by molar-refractivity contribution is 0.0964. The summed E-state index contributed by atoms with van der Waals surface area (Å²) in [5.74, 6) is 0.769. The largest absolute Gasteiger partial charge is 0.493 e. The van der Waals surface area contributed by atoms with Gasteiger partial charge in [0.2, 0.25) is 0 Å². The van der Waals surface area contributed by atoms with Crippen LogP contribution in [-0.4, -0.2) is 19.6 Å². The van der Waals surface area contributed by atoms with Gasteiger partial charge in [-0.05, 0) is 55.7 Å². The summed E-state index contributed by atoms with van der Waals surface area (Å²) in [6, 6.07) is 9.92. The summed E-state index contributed by atoms with van der Waals surface area (Å²) in [7, 11) is 1.62. The van der Waals surface area contributed by atoms with E-state index in [4.69, 9.17) is 9.15 Å². The topological polar surface area (TPSA) is 51.5 Å². The number of rotatable bonds is 2. The van der Waals surface area contributed by atoms with E-state index in [-0.39, 0.29) is 11.7 Å². The van der Waals surface area contributed by atoms with E-state index in [0.717, 1.165) is 42.4 Å². The number of hydrogen-bond donors (Lipinski definition) is 1. The standard InChI is InChI=1S/C27H32FNO3/c1-29-27(30)25-24-21-11-9-7-5-3-2-4-6-8-10-18-31-22(21)16-17-23(24)32-26(25)19-12-14-20(28)15-13-19/h12-17H,2-11,18H2,1H3,(H,29,30). The van der Waals surface area contributed by atoms with Crippen LogP contribution in [0, 0.1) is 5.82 Å². The monoisotopic (exact) mass is 437 g/mol. The molecule has 3 aromatic rings. The fourth-order valence-electron chi connectivity index (χ4n) is 4.59. The van der Waals surface area contributed by atoms with Crippen molar-refractivity contribution in [2.24, 2.45) is 0 Å². The van der Waals surface area contributed by atoms with Crippen LogP contribution in [0.15, 0.2) is 40.8 Å². The first-order chi connectivity index (χ1) is 15.7. The highest BCUT2D eigenvalue weighted by atomic mass is 19.1. The van der Waals surface area contributed by atoms with Crippen LogP contribution in [0.25, 0.3) is 22.3 Å². The van der Waals surface area contributed by atoms with Crippen molar-refractivity contribution in [3.8, 4) is 17.1 Å². The number of amides is 1. The quantitative estimate of drug-likeness (QED) is 0.468. The van der Waals surface area contributed by atoms with Gasteiger partial charge in [-0.25, -0.2) is 4.39 Å². The Morgan fingerprint density at radius 3 is 2.22 bits per heavy atom. The van der Waals surface area contributed by atoms with Crippen LogP contribution in [-0.2, 0) is 6.42 Å². The van der Waals surface area contributed by atoms with Crippen molar-refractivity contribution in [2.45, 2.75) is 64.2 Å². The molecule has 1 aliphatic rings. The molecular weight excluding hydrogens is 405 g/mol. The molecule has 4 nitrogen and oxygen atoms in total. The molecule has 1 N–H and O–H groups in total. The number of halogens is 1. The molecule has 0 unspecified atom stereocenters. The molecule has 2 heterocycles. The van der Waals surface area contributed by atoms with Gasteiger partial charge in [0.05, 0.1) is 12.2 Å². The van der Waals surface area contributed by atoms with E-state index in [9.17, 15) is 9.18 Å². The van der Waals surface area contributed by atoms with E-state index in [2.05, 4.69) is 5.32 Å². The number of carbonyl (C=O) groups is 1. The summed E-state index contributed by atoms with van der Waals surface area (Å²) in [6.45, 7) is 0.677. The fourth-order valence-corrected chi connectivity index (χ4v) is 4.59. The van der Waals surface area contributed by atoms with Crippen molar-refractivity contribution in [1.82, 2.24) is 5.32 Å². The first-order valence-electron chi connectivity index (χ1n) is 11.9. The van der Waals surface area contributed by atoms with Gasteiger partial charge >= 0.3 is 0 Å². The zero-order valence-electron chi connectivity index (χ0n) is 18.8. The maximum atomic E-state index is 13.5. The molecule has 2 aromatic carbocycles. The first kappa shape index (κ1) is 22.4. The van der Waals surface area contributed by atoms with Crippen LogP contribution in [0.4, 0.5) is 4.39 Å². The van der Waals surface area contributed by atoms with Gasteiger partial charge in [0.25, 0.3) is 5.91 Å². The summed E-state index contributed by atoms with van der Waals surface area (Å²) < 4.78 is 25.9. The van der Waals surface area contributed by atoms with E-state index in [1.807, 2.05) is 12.1 Å². The van der Waals surface area contributed by atoms with Gasteiger partial charge < -0.3 is 14.5 Å². The van der Waals surface area contributed by atoms with E-state index in [1.54, 1.807) is 19.2 Å². The molecule has 0 spiro atoms. The maximum Gasteiger partial charge on any atom is 0.255 e. The SMILES string of the molecule is CNC(=O)c1c(-c2ccc(F)cc2)oc2ccc3c(c12)CCCCCCCCCCCO3. The maximum absolute atomic E-state index is 13.5. The van der Waals surface area contributed by atoms with Gasteiger partial charge in [-0.2, -0.15) is 0 Å². The van der Waals surface area contributed by atoms with Crippen molar-refractivity contribution >= 4 is 16.9 Å². The van der Waals surface area contributed by atoms with Gasteiger partial charge in [-0.15, -0.1) is 0 Å². The third-order valence-corrected chi connectivity index (χ3v) is 6.31.